The molecule has 0 aliphatic heterocycles. The molecule has 0 atom stereocenters. The van der Waals surface area contributed by atoms with E-state index < -0.39 is 23.2 Å². The number of aromatic hydroxyl groups is 1. The molecule has 14 heavy (non-hydrogen) atoms. The van der Waals surface area contributed by atoms with Crippen LogP contribution in [-0.4, -0.2) is 34.4 Å². The molecule has 0 heterocycles. The lowest BCUT2D eigenvalue weighted by molar-refractivity contribution is 0.0695. The second kappa shape index (κ2) is 3.82. The van der Waals surface area contributed by atoms with Gasteiger partial charge in [0.05, 0.1) is 5.56 Å². The first-order valence-electron chi connectivity index (χ1n) is 3.65. The van der Waals surface area contributed by atoms with Crippen LogP contribution in [-0.2, 0) is 0 Å². The molecule has 0 aromatic heterocycles. The van der Waals surface area contributed by atoms with E-state index in [0.29, 0.717) is 0 Å². The van der Waals surface area contributed by atoms with Gasteiger partial charge in [0.15, 0.2) is 0 Å². The van der Waals surface area contributed by atoms with Crippen LogP contribution in [0.4, 0.5) is 4.79 Å². The quantitative estimate of drug-likeness (QED) is 0.591. The predicted molar refractivity (Wildman–Crippen MR) is 48.5 cm³/mol. The van der Waals surface area contributed by atoms with E-state index in [-0.39, 0.29) is 5.46 Å². The fraction of sp³-hybridized carbons (Fsp3) is 0. The summed E-state index contributed by atoms with van der Waals surface area (Å²) in [6, 6.07) is 3.86. The molecule has 0 bridgehead atoms. The van der Waals surface area contributed by atoms with Crippen LogP contribution in [0.15, 0.2) is 18.2 Å². The summed E-state index contributed by atoms with van der Waals surface area (Å²) in [5.74, 6) is -3.08. The van der Waals surface area contributed by atoms with Crippen molar-refractivity contribution in [1.29, 1.82) is 0 Å². The van der Waals surface area contributed by atoms with Gasteiger partial charge in [0.25, 0.3) is 7.28 Å². The minimum atomic E-state index is -1.37. The number of phenols is 1. The normalized spacial score (nSPS) is 9.43. The van der Waals surface area contributed by atoms with Crippen LogP contribution < -0.4 is 5.46 Å². The number of carboxylic acid groups (broad SMARTS) is 2. The van der Waals surface area contributed by atoms with Crippen LogP contribution in [0.5, 0.6) is 5.75 Å². The lowest BCUT2D eigenvalue weighted by Gasteiger charge is -2.04. The molecule has 1 aromatic carbocycles. The zero-order valence-electron chi connectivity index (χ0n) is 6.97. The molecular formula is C8H6BO5. The van der Waals surface area contributed by atoms with Crippen molar-refractivity contribution in [2.75, 3.05) is 0 Å². The number of carbonyl (C=O) groups is 2. The van der Waals surface area contributed by atoms with Gasteiger partial charge >= 0.3 is 5.97 Å². The van der Waals surface area contributed by atoms with E-state index in [1.165, 1.54) is 18.2 Å². The van der Waals surface area contributed by atoms with Crippen molar-refractivity contribution in [2.24, 2.45) is 0 Å². The van der Waals surface area contributed by atoms with Crippen LogP contribution in [0, 0.1) is 0 Å². The van der Waals surface area contributed by atoms with Gasteiger partial charge in [-0.05, 0) is 6.07 Å². The molecule has 0 fully saturated rings. The van der Waals surface area contributed by atoms with Crippen LogP contribution in [0.1, 0.15) is 10.4 Å². The molecule has 0 spiro atoms. The summed E-state index contributed by atoms with van der Waals surface area (Å²) in [6.45, 7) is 0. The van der Waals surface area contributed by atoms with E-state index in [4.69, 9.17) is 10.2 Å². The molecule has 0 saturated carbocycles. The topological polar surface area (TPSA) is 94.8 Å². The Hall–Kier alpha value is -1.98. The summed E-state index contributed by atoms with van der Waals surface area (Å²) in [4.78, 5) is 21.0. The molecule has 71 valence electrons. The molecule has 5 nitrogen and oxygen atoms in total. The average Bonchev–Trinajstić information content (AvgIpc) is 2.01. The van der Waals surface area contributed by atoms with Crippen molar-refractivity contribution in [3.8, 4) is 5.75 Å². The van der Waals surface area contributed by atoms with E-state index >= 15 is 0 Å². The summed E-state index contributed by atoms with van der Waals surface area (Å²) in [6.07, 6.45) is 0. The van der Waals surface area contributed by atoms with E-state index in [1.54, 1.807) is 0 Å². The lowest BCUT2D eigenvalue weighted by atomic mass is 9.68. The number of carboxylic acids is 1. The maximum absolute atomic E-state index is 10.7. The van der Waals surface area contributed by atoms with Gasteiger partial charge in [-0.25, -0.2) is 4.79 Å². The number of rotatable bonds is 3. The number of aromatic carboxylic acids is 1. The summed E-state index contributed by atoms with van der Waals surface area (Å²) >= 11 is 0. The molecule has 0 aliphatic carbocycles. The van der Waals surface area contributed by atoms with Gasteiger partial charge in [-0.2, -0.15) is 0 Å². The average molecular weight is 193 g/mol. The Labute approximate surface area is 79.9 Å². The Balaban J connectivity index is 3.21. The largest absolute Gasteiger partial charge is 0.507 e. The first kappa shape index (κ1) is 10.1. The third kappa shape index (κ3) is 2.04. The summed E-state index contributed by atoms with van der Waals surface area (Å²) in [5.41, 5.74) is -0.445. The fourth-order valence-corrected chi connectivity index (χ4v) is 1.04. The van der Waals surface area contributed by atoms with E-state index in [9.17, 15) is 14.7 Å². The molecule has 1 rings (SSSR count). The van der Waals surface area contributed by atoms with Gasteiger partial charge in [0, 0.05) is 0 Å². The zero-order valence-corrected chi connectivity index (χ0v) is 6.97. The standard InChI is InChI=1S/C8H6BO5/c10-5-3-1-2-4(9-8(13)14)6(5)7(11)12/h1-3,10H,(H,11,12)(H,13,14). The Morgan fingerprint density at radius 3 is 2.36 bits per heavy atom. The molecule has 0 aliphatic rings. The van der Waals surface area contributed by atoms with E-state index in [2.05, 4.69) is 0 Å². The number of hydrogen-bond acceptors (Lipinski definition) is 3. The van der Waals surface area contributed by atoms with Gasteiger partial charge in [-0.15, -0.1) is 0 Å². The first-order chi connectivity index (χ1) is 6.52. The Morgan fingerprint density at radius 2 is 1.86 bits per heavy atom. The highest BCUT2D eigenvalue weighted by Gasteiger charge is 2.17. The third-order valence-electron chi connectivity index (χ3n) is 1.57. The van der Waals surface area contributed by atoms with Gasteiger partial charge in [0.2, 0.25) is 5.87 Å². The SMILES string of the molecule is O=C(O)[B]c1cccc(O)c1C(=O)O. The number of hydrogen-bond donors (Lipinski definition) is 3. The van der Waals surface area contributed by atoms with Gasteiger partial charge in [0.1, 0.15) is 5.75 Å². The zero-order chi connectivity index (χ0) is 10.7. The van der Waals surface area contributed by atoms with Crippen LogP contribution in [0.25, 0.3) is 0 Å². The molecule has 3 N–H and O–H groups in total. The maximum atomic E-state index is 10.7. The predicted octanol–water partition coefficient (Wildman–Crippen LogP) is 0.0979. The van der Waals surface area contributed by atoms with E-state index in [1.807, 2.05) is 0 Å². The minimum Gasteiger partial charge on any atom is -0.507 e. The van der Waals surface area contributed by atoms with Crippen LogP contribution in [0.3, 0.4) is 0 Å². The molecule has 1 aromatic rings. The summed E-state index contributed by atoms with van der Waals surface area (Å²) in [5, 5.41) is 26.3. The molecule has 6 heteroatoms. The van der Waals surface area contributed by atoms with Crippen molar-refractivity contribution < 1.29 is 24.9 Å². The molecule has 1 radical (unpaired) electrons. The van der Waals surface area contributed by atoms with Crippen molar-refractivity contribution >= 4 is 24.6 Å². The van der Waals surface area contributed by atoms with Crippen LogP contribution >= 0.6 is 0 Å². The maximum Gasteiger partial charge on any atom is 0.338 e. The lowest BCUT2D eigenvalue weighted by Crippen LogP contribution is -2.27. The van der Waals surface area contributed by atoms with Crippen molar-refractivity contribution in [1.82, 2.24) is 0 Å². The molecular weight excluding hydrogens is 187 g/mol. The summed E-state index contributed by atoms with van der Waals surface area (Å²) < 4.78 is 0. The van der Waals surface area contributed by atoms with Gasteiger partial charge in [-0.1, -0.05) is 17.6 Å². The van der Waals surface area contributed by atoms with Crippen molar-refractivity contribution in [3.05, 3.63) is 23.8 Å². The smallest absolute Gasteiger partial charge is 0.338 e. The highest BCUT2D eigenvalue weighted by atomic mass is 16.4. The Morgan fingerprint density at radius 1 is 1.21 bits per heavy atom. The first-order valence-corrected chi connectivity index (χ1v) is 3.65. The second-order valence-electron chi connectivity index (χ2n) is 2.53. The third-order valence-corrected chi connectivity index (χ3v) is 1.57. The van der Waals surface area contributed by atoms with E-state index in [0.717, 1.165) is 7.28 Å². The fourth-order valence-electron chi connectivity index (χ4n) is 1.04. The van der Waals surface area contributed by atoms with Crippen LogP contribution in [0.2, 0.25) is 0 Å². The van der Waals surface area contributed by atoms with Crippen molar-refractivity contribution in [3.63, 3.8) is 0 Å². The highest BCUT2D eigenvalue weighted by molar-refractivity contribution is 6.83. The molecule has 0 saturated heterocycles. The summed E-state index contributed by atoms with van der Waals surface area (Å²) in [7, 11) is 0.725. The number of benzene rings is 1. The van der Waals surface area contributed by atoms with Gasteiger partial charge in [-0.3, -0.25) is 4.79 Å². The monoisotopic (exact) mass is 193 g/mol. The van der Waals surface area contributed by atoms with Crippen molar-refractivity contribution in [2.45, 2.75) is 0 Å². The second-order valence-corrected chi connectivity index (χ2v) is 2.53. The Bertz CT molecular complexity index is 387. The molecule has 0 unspecified atom stereocenters. The highest BCUT2D eigenvalue weighted by Crippen LogP contribution is 2.13. The molecule has 0 amide bonds. The van der Waals surface area contributed by atoms with Gasteiger partial charge < -0.3 is 15.3 Å². The Kier molecular flexibility index (Phi) is 2.76. The minimum absolute atomic E-state index is 0.0370.